The van der Waals surface area contributed by atoms with Crippen LogP contribution in [0.5, 0.6) is 0 Å². The third-order valence-corrected chi connectivity index (χ3v) is 4.58. The Balaban J connectivity index is 1.58. The molecule has 3 rings (SSSR count). The Hall–Kier alpha value is -0.610. The van der Waals surface area contributed by atoms with Crippen LogP contribution in [-0.4, -0.2) is 62.0 Å². The zero-order valence-electron chi connectivity index (χ0n) is 10.0. The van der Waals surface area contributed by atoms with Crippen LogP contribution in [0.2, 0.25) is 0 Å². The molecule has 2 heterocycles. The van der Waals surface area contributed by atoms with E-state index in [-0.39, 0.29) is 0 Å². The van der Waals surface area contributed by atoms with Crippen LogP contribution >= 0.6 is 0 Å². The lowest BCUT2D eigenvalue weighted by Crippen LogP contribution is -2.48. The zero-order valence-corrected chi connectivity index (χ0v) is 10.0. The fourth-order valence-electron chi connectivity index (χ4n) is 3.18. The molecule has 2 aliphatic heterocycles. The molecule has 1 saturated carbocycles. The van der Waals surface area contributed by atoms with E-state index in [0.29, 0.717) is 17.2 Å². The van der Waals surface area contributed by atoms with Gasteiger partial charge in [0.2, 0.25) is 5.91 Å². The third kappa shape index (κ3) is 1.64. The van der Waals surface area contributed by atoms with E-state index in [1.807, 2.05) is 0 Å². The second-order valence-corrected chi connectivity index (χ2v) is 5.67. The first-order valence-corrected chi connectivity index (χ1v) is 6.39. The summed E-state index contributed by atoms with van der Waals surface area (Å²) in [4.78, 5) is 16.7. The zero-order chi connectivity index (χ0) is 11.2. The minimum atomic E-state index is 0.339. The van der Waals surface area contributed by atoms with E-state index < -0.39 is 0 Å². The minimum Gasteiger partial charge on any atom is -0.340 e. The van der Waals surface area contributed by atoms with E-state index in [9.17, 15) is 4.79 Å². The van der Waals surface area contributed by atoms with E-state index in [4.69, 9.17) is 0 Å². The molecule has 1 spiro atoms. The Morgan fingerprint density at radius 2 is 2.06 bits per heavy atom. The highest BCUT2D eigenvalue weighted by atomic mass is 16.2. The second kappa shape index (κ2) is 3.70. The first-order chi connectivity index (χ1) is 7.71. The minimum absolute atomic E-state index is 0.339. The van der Waals surface area contributed by atoms with Crippen molar-refractivity contribution < 1.29 is 4.79 Å². The highest BCUT2D eigenvalue weighted by molar-refractivity contribution is 5.83. The average molecular weight is 223 g/mol. The molecular weight excluding hydrogens is 202 g/mol. The topological polar surface area (TPSA) is 35.6 Å². The summed E-state index contributed by atoms with van der Waals surface area (Å²) in [6.07, 6.45) is 2.34. The smallest absolute Gasteiger partial charge is 0.226 e. The molecule has 0 aromatic carbocycles. The maximum atomic E-state index is 12.3. The summed E-state index contributed by atoms with van der Waals surface area (Å²) in [5.41, 5.74) is 0.362. The lowest BCUT2D eigenvalue weighted by molar-refractivity contribution is -0.135. The lowest BCUT2D eigenvalue weighted by atomic mass is 10.0. The largest absolute Gasteiger partial charge is 0.340 e. The van der Waals surface area contributed by atoms with Crippen LogP contribution in [0, 0.1) is 11.3 Å². The second-order valence-electron chi connectivity index (χ2n) is 5.67. The summed E-state index contributed by atoms with van der Waals surface area (Å²) in [6.45, 7) is 6.09. The standard InChI is InChI=1S/C12H21N3O/c1-14-4-6-15(7-5-14)11(16)10-8-12(10)2-3-13-9-12/h10,13H,2-9H2,1H3. The van der Waals surface area contributed by atoms with Gasteiger partial charge in [-0.05, 0) is 31.8 Å². The van der Waals surface area contributed by atoms with Crippen molar-refractivity contribution in [2.45, 2.75) is 12.8 Å². The molecule has 1 aliphatic carbocycles. The molecule has 3 aliphatic rings. The predicted octanol–water partition coefficient (Wildman–Crippen LogP) is -0.240. The van der Waals surface area contributed by atoms with Gasteiger partial charge in [0.05, 0.1) is 0 Å². The van der Waals surface area contributed by atoms with Crippen LogP contribution in [-0.2, 0) is 4.79 Å². The van der Waals surface area contributed by atoms with Crippen molar-refractivity contribution in [1.29, 1.82) is 0 Å². The van der Waals surface area contributed by atoms with Crippen molar-refractivity contribution in [2.75, 3.05) is 46.3 Å². The van der Waals surface area contributed by atoms with Crippen molar-refractivity contribution >= 4 is 5.91 Å². The van der Waals surface area contributed by atoms with Gasteiger partial charge >= 0.3 is 0 Å². The molecule has 2 unspecified atom stereocenters. The van der Waals surface area contributed by atoms with Crippen molar-refractivity contribution in [2.24, 2.45) is 11.3 Å². The number of hydrogen-bond donors (Lipinski definition) is 1. The molecule has 90 valence electrons. The Morgan fingerprint density at radius 1 is 1.31 bits per heavy atom. The van der Waals surface area contributed by atoms with E-state index >= 15 is 0 Å². The van der Waals surface area contributed by atoms with E-state index in [0.717, 1.165) is 45.7 Å². The summed E-state index contributed by atoms with van der Waals surface area (Å²) in [5, 5.41) is 3.39. The maximum absolute atomic E-state index is 12.3. The maximum Gasteiger partial charge on any atom is 0.226 e. The van der Waals surface area contributed by atoms with Crippen LogP contribution in [0.25, 0.3) is 0 Å². The van der Waals surface area contributed by atoms with Crippen molar-refractivity contribution in [3.8, 4) is 0 Å². The lowest BCUT2D eigenvalue weighted by Gasteiger charge is -2.33. The van der Waals surface area contributed by atoms with Crippen molar-refractivity contribution in [3.05, 3.63) is 0 Å². The Kier molecular flexibility index (Phi) is 2.44. The molecule has 0 bridgehead atoms. The van der Waals surface area contributed by atoms with Gasteiger partial charge in [0, 0.05) is 38.6 Å². The number of amides is 1. The van der Waals surface area contributed by atoms with Crippen LogP contribution in [0.3, 0.4) is 0 Å². The number of hydrogen-bond acceptors (Lipinski definition) is 3. The molecular formula is C12H21N3O. The number of carbonyl (C=O) groups excluding carboxylic acids is 1. The van der Waals surface area contributed by atoms with E-state index in [1.165, 1.54) is 6.42 Å². The van der Waals surface area contributed by atoms with E-state index in [2.05, 4.69) is 22.2 Å². The number of likely N-dealkylation sites (N-methyl/N-ethyl adjacent to an activating group) is 1. The monoisotopic (exact) mass is 223 g/mol. The quantitative estimate of drug-likeness (QED) is 0.666. The highest BCUT2D eigenvalue weighted by Crippen LogP contribution is 2.57. The van der Waals surface area contributed by atoms with Gasteiger partial charge in [-0.1, -0.05) is 0 Å². The molecule has 0 radical (unpaired) electrons. The SMILES string of the molecule is CN1CCN(C(=O)C2CC23CCNC3)CC1. The summed E-state index contributed by atoms with van der Waals surface area (Å²) in [6, 6.07) is 0. The number of carbonyl (C=O) groups is 1. The molecule has 16 heavy (non-hydrogen) atoms. The number of nitrogens with zero attached hydrogens (tertiary/aromatic N) is 2. The molecule has 3 fully saturated rings. The number of piperazine rings is 1. The normalized spacial score (nSPS) is 39.3. The molecule has 4 heteroatoms. The number of nitrogens with one attached hydrogen (secondary N) is 1. The summed E-state index contributed by atoms with van der Waals surface area (Å²) >= 11 is 0. The van der Waals surface area contributed by atoms with Gasteiger partial charge in [-0.3, -0.25) is 4.79 Å². The molecule has 0 aromatic heterocycles. The summed E-state index contributed by atoms with van der Waals surface area (Å²) < 4.78 is 0. The number of rotatable bonds is 1. The average Bonchev–Trinajstić information content (AvgIpc) is 2.77. The van der Waals surface area contributed by atoms with Crippen molar-refractivity contribution in [1.82, 2.24) is 15.1 Å². The Bertz CT molecular complexity index is 291. The van der Waals surface area contributed by atoms with Gasteiger partial charge in [0.25, 0.3) is 0 Å². The molecule has 1 amide bonds. The van der Waals surface area contributed by atoms with Gasteiger partial charge in [0.15, 0.2) is 0 Å². The summed E-state index contributed by atoms with van der Waals surface area (Å²) in [7, 11) is 2.13. The predicted molar refractivity (Wildman–Crippen MR) is 62.1 cm³/mol. The molecule has 4 nitrogen and oxygen atoms in total. The van der Waals surface area contributed by atoms with Crippen molar-refractivity contribution in [3.63, 3.8) is 0 Å². The van der Waals surface area contributed by atoms with Crippen LogP contribution in [0.4, 0.5) is 0 Å². The first-order valence-electron chi connectivity index (χ1n) is 6.39. The van der Waals surface area contributed by atoms with Crippen LogP contribution in [0.15, 0.2) is 0 Å². The van der Waals surface area contributed by atoms with E-state index in [1.54, 1.807) is 0 Å². The summed E-state index contributed by atoms with van der Waals surface area (Å²) in [5.74, 6) is 0.766. The molecule has 0 aromatic rings. The van der Waals surface area contributed by atoms with Gasteiger partial charge in [-0.2, -0.15) is 0 Å². The highest BCUT2D eigenvalue weighted by Gasteiger charge is 2.59. The van der Waals surface area contributed by atoms with Gasteiger partial charge in [0.1, 0.15) is 0 Å². The van der Waals surface area contributed by atoms with Gasteiger partial charge in [-0.15, -0.1) is 0 Å². The van der Waals surface area contributed by atoms with Gasteiger partial charge < -0.3 is 15.1 Å². The first kappa shape index (κ1) is 10.5. The fourth-order valence-corrected chi connectivity index (χ4v) is 3.18. The van der Waals surface area contributed by atoms with Crippen LogP contribution < -0.4 is 5.32 Å². The molecule has 2 saturated heterocycles. The third-order valence-electron chi connectivity index (χ3n) is 4.58. The van der Waals surface area contributed by atoms with Crippen LogP contribution in [0.1, 0.15) is 12.8 Å². The van der Waals surface area contributed by atoms with Gasteiger partial charge in [-0.25, -0.2) is 0 Å². The molecule has 2 atom stereocenters. The molecule has 1 N–H and O–H groups in total. The Morgan fingerprint density at radius 3 is 2.69 bits per heavy atom. The Labute approximate surface area is 97.0 Å². The fraction of sp³-hybridized carbons (Fsp3) is 0.917.